The summed E-state index contributed by atoms with van der Waals surface area (Å²) in [5.41, 5.74) is 1.49. The first-order chi connectivity index (χ1) is 13.3. The monoisotopic (exact) mass is 405 g/mol. The number of hydrogen-bond donors (Lipinski definition) is 0. The minimum Gasteiger partial charge on any atom is -0.452 e. The van der Waals surface area contributed by atoms with Crippen LogP contribution in [0.1, 0.15) is 37.0 Å². The third-order valence-corrected chi connectivity index (χ3v) is 6.74. The van der Waals surface area contributed by atoms with E-state index < -0.39 is 22.4 Å². The van der Waals surface area contributed by atoms with E-state index in [1.54, 1.807) is 29.3 Å². The van der Waals surface area contributed by atoms with Gasteiger partial charge < -0.3 is 9.64 Å². The molecule has 1 aromatic carbocycles. The van der Waals surface area contributed by atoms with Gasteiger partial charge in [-0.25, -0.2) is 13.2 Å². The summed E-state index contributed by atoms with van der Waals surface area (Å²) in [6, 6.07) is 4.28. The minimum atomic E-state index is -3.13. The van der Waals surface area contributed by atoms with Crippen molar-refractivity contribution >= 4 is 32.7 Å². The van der Waals surface area contributed by atoms with E-state index in [1.807, 2.05) is 13.8 Å². The van der Waals surface area contributed by atoms with Crippen LogP contribution in [0.25, 0.3) is 11.0 Å². The Hall–Kier alpha value is -2.55. The fourth-order valence-corrected chi connectivity index (χ4v) is 5.09. The molecule has 0 radical (unpaired) electrons. The Morgan fingerprint density at radius 2 is 1.96 bits per heavy atom. The number of benzene rings is 1. The van der Waals surface area contributed by atoms with Crippen LogP contribution in [-0.4, -0.2) is 65.4 Å². The Bertz CT molecular complexity index is 992. The highest BCUT2D eigenvalue weighted by molar-refractivity contribution is 7.91. The summed E-state index contributed by atoms with van der Waals surface area (Å²) in [5, 5.41) is 0. The van der Waals surface area contributed by atoms with Crippen LogP contribution in [-0.2, 0) is 19.4 Å². The minimum absolute atomic E-state index is 0.0413. The van der Waals surface area contributed by atoms with E-state index in [0.717, 1.165) is 0 Å². The van der Waals surface area contributed by atoms with Gasteiger partial charge in [0.1, 0.15) is 0 Å². The van der Waals surface area contributed by atoms with Crippen LogP contribution in [0.3, 0.4) is 0 Å². The van der Waals surface area contributed by atoms with Crippen molar-refractivity contribution in [1.82, 2.24) is 14.9 Å². The smallest absolute Gasteiger partial charge is 0.338 e. The Morgan fingerprint density at radius 3 is 2.61 bits per heavy atom. The number of carbonyl (C=O) groups is 2. The molecule has 0 unspecified atom stereocenters. The molecule has 2 aromatic rings. The van der Waals surface area contributed by atoms with Crippen molar-refractivity contribution in [2.24, 2.45) is 0 Å². The Balaban J connectivity index is 1.68. The zero-order valence-corrected chi connectivity index (χ0v) is 16.7. The van der Waals surface area contributed by atoms with Crippen molar-refractivity contribution in [2.75, 3.05) is 18.1 Å². The summed E-state index contributed by atoms with van der Waals surface area (Å²) in [7, 11) is -3.13. The Labute approximate surface area is 163 Å². The van der Waals surface area contributed by atoms with Gasteiger partial charge in [0.15, 0.2) is 16.4 Å². The second kappa shape index (κ2) is 8.22. The summed E-state index contributed by atoms with van der Waals surface area (Å²) in [6.07, 6.45) is 4.18. The number of carbonyl (C=O) groups excluding carboxylic acids is 2. The molecule has 1 aliphatic rings. The SMILES string of the molecule is CC[C@@H](C)N(C(=O)COC(=O)c1ccc2nccnc2c1)[C@H]1CCS(=O)(=O)C1. The summed E-state index contributed by atoms with van der Waals surface area (Å²) >= 11 is 0. The maximum atomic E-state index is 12.7. The highest BCUT2D eigenvalue weighted by atomic mass is 32.2. The predicted octanol–water partition coefficient (Wildman–Crippen LogP) is 1.60. The molecule has 28 heavy (non-hydrogen) atoms. The van der Waals surface area contributed by atoms with Gasteiger partial charge in [0.25, 0.3) is 5.91 Å². The average Bonchev–Trinajstić information content (AvgIpc) is 3.04. The molecule has 1 aliphatic heterocycles. The Morgan fingerprint density at radius 1 is 1.25 bits per heavy atom. The molecular formula is C19H23N3O5S. The van der Waals surface area contributed by atoms with Gasteiger partial charge in [-0.2, -0.15) is 0 Å². The van der Waals surface area contributed by atoms with E-state index in [-0.39, 0.29) is 35.1 Å². The first kappa shape index (κ1) is 20.2. The number of sulfone groups is 1. The first-order valence-electron chi connectivity index (χ1n) is 9.20. The molecule has 8 nitrogen and oxygen atoms in total. The number of amides is 1. The molecule has 1 saturated heterocycles. The summed E-state index contributed by atoms with van der Waals surface area (Å²) < 4.78 is 28.8. The van der Waals surface area contributed by atoms with Crippen molar-refractivity contribution in [3.05, 3.63) is 36.2 Å². The van der Waals surface area contributed by atoms with Crippen LogP contribution in [0.4, 0.5) is 0 Å². The van der Waals surface area contributed by atoms with Gasteiger partial charge in [0, 0.05) is 24.5 Å². The molecular weight excluding hydrogens is 382 g/mol. The molecule has 1 aromatic heterocycles. The summed E-state index contributed by atoms with van der Waals surface area (Å²) in [4.78, 5) is 34.9. The second-order valence-electron chi connectivity index (χ2n) is 6.95. The van der Waals surface area contributed by atoms with E-state index in [4.69, 9.17) is 4.74 Å². The number of aromatic nitrogens is 2. The molecule has 1 amide bonds. The van der Waals surface area contributed by atoms with Crippen LogP contribution in [0, 0.1) is 0 Å². The van der Waals surface area contributed by atoms with Gasteiger partial charge in [-0.3, -0.25) is 14.8 Å². The van der Waals surface area contributed by atoms with Crippen LogP contribution >= 0.6 is 0 Å². The van der Waals surface area contributed by atoms with Gasteiger partial charge in [-0.05, 0) is 38.0 Å². The topological polar surface area (TPSA) is 107 Å². The lowest BCUT2D eigenvalue weighted by Gasteiger charge is -2.33. The predicted molar refractivity (Wildman–Crippen MR) is 103 cm³/mol. The number of nitrogens with zero attached hydrogens (tertiary/aromatic N) is 3. The van der Waals surface area contributed by atoms with Crippen molar-refractivity contribution in [3.63, 3.8) is 0 Å². The van der Waals surface area contributed by atoms with E-state index in [9.17, 15) is 18.0 Å². The van der Waals surface area contributed by atoms with Crippen LogP contribution < -0.4 is 0 Å². The molecule has 3 rings (SSSR count). The third kappa shape index (κ3) is 4.46. The maximum Gasteiger partial charge on any atom is 0.338 e. The number of fused-ring (bicyclic) bond motifs is 1. The van der Waals surface area contributed by atoms with Gasteiger partial charge >= 0.3 is 5.97 Å². The molecule has 0 N–H and O–H groups in total. The molecule has 0 spiro atoms. The molecule has 0 bridgehead atoms. The molecule has 2 heterocycles. The zero-order valence-electron chi connectivity index (χ0n) is 15.9. The van der Waals surface area contributed by atoms with Crippen LogP contribution in [0.15, 0.2) is 30.6 Å². The quantitative estimate of drug-likeness (QED) is 0.672. The van der Waals surface area contributed by atoms with E-state index in [0.29, 0.717) is 23.9 Å². The molecule has 150 valence electrons. The third-order valence-electron chi connectivity index (χ3n) is 4.99. The van der Waals surface area contributed by atoms with Crippen LogP contribution in [0.5, 0.6) is 0 Å². The highest BCUT2D eigenvalue weighted by Gasteiger charge is 2.36. The number of hydrogen-bond acceptors (Lipinski definition) is 7. The molecule has 9 heteroatoms. The number of rotatable bonds is 6. The van der Waals surface area contributed by atoms with Crippen molar-refractivity contribution in [2.45, 2.75) is 38.8 Å². The average molecular weight is 405 g/mol. The Kier molecular flexibility index (Phi) is 5.93. The number of esters is 1. The maximum absolute atomic E-state index is 12.7. The standard InChI is InChI=1S/C19H23N3O5S/c1-3-13(2)22(15-6-9-28(25,26)12-15)18(23)11-27-19(24)14-4-5-16-17(10-14)21-8-7-20-16/h4-5,7-8,10,13,15H,3,6,9,11-12H2,1-2H3/t13-,15+/m1/s1. The van der Waals surface area contributed by atoms with Crippen molar-refractivity contribution in [1.29, 1.82) is 0 Å². The largest absolute Gasteiger partial charge is 0.452 e. The van der Waals surface area contributed by atoms with E-state index in [1.165, 1.54) is 6.20 Å². The number of ether oxygens (including phenoxy) is 1. The normalized spacial score (nSPS) is 19.3. The molecule has 0 saturated carbocycles. The lowest BCUT2D eigenvalue weighted by molar-refractivity contribution is -0.138. The highest BCUT2D eigenvalue weighted by Crippen LogP contribution is 2.21. The van der Waals surface area contributed by atoms with Gasteiger partial charge in [-0.1, -0.05) is 6.92 Å². The lowest BCUT2D eigenvalue weighted by atomic mass is 10.1. The van der Waals surface area contributed by atoms with E-state index >= 15 is 0 Å². The first-order valence-corrected chi connectivity index (χ1v) is 11.0. The van der Waals surface area contributed by atoms with Crippen molar-refractivity contribution in [3.8, 4) is 0 Å². The second-order valence-corrected chi connectivity index (χ2v) is 9.18. The fourth-order valence-electron chi connectivity index (χ4n) is 3.38. The molecule has 2 atom stereocenters. The zero-order chi connectivity index (χ0) is 20.3. The fraction of sp³-hybridized carbons (Fsp3) is 0.474. The summed E-state index contributed by atoms with van der Waals surface area (Å²) in [6.45, 7) is 3.36. The molecule has 1 fully saturated rings. The summed E-state index contributed by atoms with van der Waals surface area (Å²) in [5.74, 6) is -0.981. The van der Waals surface area contributed by atoms with Gasteiger partial charge in [0.05, 0.1) is 28.1 Å². The van der Waals surface area contributed by atoms with Crippen LogP contribution in [0.2, 0.25) is 0 Å². The van der Waals surface area contributed by atoms with Gasteiger partial charge in [0.2, 0.25) is 0 Å². The van der Waals surface area contributed by atoms with Gasteiger partial charge in [-0.15, -0.1) is 0 Å². The molecule has 0 aliphatic carbocycles. The lowest BCUT2D eigenvalue weighted by Crippen LogP contribution is -2.48. The van der Waals surface area contributed by atoms with E-state index in [2.05, 4.69) is 9.97 Å². The van der Waals surface area contributed by atoms with Crippen molar-refractivity contribution < 1.29 is 22.7 Å².